The quantitative estimate of drug-likeness (QED) is 0.897. The third-order valence-electron chi connectivity index (χ3n) is 3.03. The second kappa shape index (κ2) is 5.63. The van der Waals surface area contributed by atoms with E-state index in [0.717, 1.165) is 0 Å². The molecule has 2 heterocycles. The van der Waals surface area contributed by atoms with Crippen molar-refractivity contribution in [1.82, 2.24) is 29.8 Å². The van der Waals surface area contributed by atoms with Crippen molar-refractivity contribution in [2.24, 2.45) is 12.5 Å². The summed E-state index contributed by atoms with van der Waals surface area (Å²) in [5.41, 5.74) is 0.597. The molecule has 0 saturated heterocycles. The number of aliphatic carboxylic acids is 1. The second-order valence-corrected chi connectivity index (χ2v) is 6.39. The Kier molecular flexibility index (Phi) is 4.06. The first-order chi connectivity index (χ1) is 9.76. The number of aryl methyl sites for hydroxylation is 1. The van der Waals surface area contributed by atoms with Gasteiger partial charge in [0.05, 0.1) is 18.8 Å². The first-order valence-corrected chi connectivity index (χ1v) is 6.74. The molecule has 0 aliphatic heterocycles. The fourth-order valence-electron chi connectivity index (χ4n) is 2.29. The van der Waals surface area contributed by atoms with Gasteiger partial charge in [0, 0.05) is 13.2 Å². The van der Waals surface area contributed by atoms with Gasteiger partial charge in [0.2, 0.25) is 5.82 Å². The summed E-state index contributed by atoms with van der Waals surface area (Å²) in [6.45, 7) is 6.19. The van der Waals surface area contributed by atoms with Crippen molar-refractivity contribution < 1.29 is 9.90 Å². The van der Waals surface area contributed by atoms with Crippen LogP contribution in [0.3, 0.4) is 0 Å². The van der Waals surface area contributed by atoms with Crippen molar-refractivity contribution in [1.29, 1.82) is 0 Å². The lowest BCUT2D eigenvalue weighted by molar-refractivity contribution is -0.138. The van der Waals surface area contributed by atoms with Gasteiger partial charge in [-0.1, -0.05) is 20.8 Å². The first-order valence-electron chi connectivity index (χ1n) is 6.74. The minimum Gasteiger partial charge on any atom is -0.481 e. The van der Waals surface area contributed by atoms with Gasteiger partial charge in [-0.2, -0.15) is 0 Å². The molecular weight excluding hydrogens is 272 g/mol. The number of carboxylic acids is 1. The molecule has 2 aromatic rings. The maximum atomic E-state index is 11.1. The second-order valence-electron chi connectivity index (χ2n) is 6.39. The highest BCUT2D eigenvalue weighted by molar-refractivity contribution is 5.67. The molecule has 8 heteroatoms. The number of tetrazole rings is 1. The Hall–Kier alpha value is -2.25. The van der Waals surface area contributed by atoms with Gasteiger partial charge in [0.25, 0.3) is 0 Å². The van der Waals surface area contributed by atoms with Gasteiger partial charge in [0.1, 0.15) is 5.69 Å². The summed E-state index contributed by atoms with van der Waals surface area (Å²) >= 11 is 0. The smallest absolute Gasteiger partial charge is 0.305 e. The molecule has 1 unspecified atom stereocenters. The maximum absolute atomic E-state index is 11.1. The molecule has 0 aliphatic carbocycles. The molecule has 21 heavy (non-hydrogen) atoms. The average Bonchev–Trinajstić information content (AvgIpc) is 2.93. The van der Waals surface area contributed by atoms with Crippen LogP contribution in [-0.4, -0.2) is 40.8 Å². The lowest BCUT2D eigenvalue weighted by atomic mass is 9.87. The molecule has 0 radical (unpaired) electrons. The number of hydrogen-bond acceptors (Lipinski definition) is 5. The summed E-state index contributed by atoms with van der Waals surface area (Å²) in [6, 6.07) is -0.311. The van der Waals surface area contributed by atoms with Gasteiger partial charge in [-0.3, -0.25) is 4.79 Å². The van der Waals surface area contributed by atoms with E-state index in [9.17, 15) is 4.79 Å². The van der Waals surface area contributed by atoms with Gasteiger partial charge in [0.15, 0.2) is 0 Å². The molecule has 0 amide bonds. The summed E-state index contributed by atoms with van der Waals surface area (Å²) in [7, 11) is 1.86. The lowest BCUT2D eigenvalue weighted by Gasteiger charge is -2.25. The Morgan fingerprint density at radius 2 is 2.14 bits per heavy atom. The Balaban J connectivity index is 2.36. The third-order valence-corrected chi connectivity index (χ3v) is 3.03. The van der Waals surface area contributed by atoms with E-state index in [1.807, 2.05) is 7.05 Å². The summed E-state index contributed by atoms with van der Waals surface area (Å²) in [5.74, 6) is -0.377. The molecule has 114 valence electrons. The number of carboxylic acid groups (broad SMARTS) is 1. The highest BCUT2D eigenvalue weighted by atomic mass is 16.4. The molecule has 2 rings (SSSR count). The van der Waals surface area contributed by atoms with E-state index in [1.54, 1.807) is 21.8 Å². The highest BCUT2D eigenvalue weighted by Gasteiger charge is 2.27. The van der Waals surface area contributed by atoms with Crippen molar-refractivity contribution in [2.45, 2.75) is 39.7 Å². The number of aromatic nitrogens is 6. The van der Waals surface area contributed by atoms with Gasteiger partial charge in [-0.25, -0.2) is 9.67 Å². The van der Waals surface area contributed by atoms with Crippen molar-refractivity contribution >= 4 is 5.97 Å². The lowest BCUT2D eigenvalue weighted by Crippen LogP contribution is -2.22. The molecule has 2 aromatic heterocycles. The number of rotatable bonds is 5. The van der Waals surface area contributed by atoms with Gasteiger partial charge < -0.3 is 9.67 Å². The van der Waals surface area contributed by atoms with Crippen LogP contribution in [0.4, 0.5) is 0 Å². The Morgan fingerprint density at radius 3 is 2.67 bits per heavy atom. The molecule has 0 spiro atoms. The van der Waals surface area contributed by atoms with Crippen LogP contribution in [0.2, 0.25) is 0 Å². The maximum Gasteiger partial charge on any atom is 0.305 e. The van der Waals surface area contributed by atoms with Crippen LogP contribution in [0.5, 0.6) is 0 Å². The largest absolute Gasteiger partial charge is 0.481 e. The van der Waals surface area contributed by atoms with E-state index in [0.29, 0.717) is 17.9 Å². The minimum atomic E-state index is -0.869. The number of imidazole rings is 1. The van der Waals surface area contributed by atoms with Crippen LogP contribution in [-0.2, 0) is 11.8 Å². The van der Waals surface area contributed by atoms with Crippen LogP contribution >= 0.6 is 0 Å². The normalized spacial score (nSPS) is 13.3. The van der Waals surface area contributed by atoms with Crippen molar-refractivity contribution in [3.05, 3.63) is 12.5 Å². The van der Waals surface area contributed by atoms with Crippen molar-refractivity contribution in [3.63, 3.8) is 0 Å². The first kappa shape index (κ1) is 15.1. The molecule has 0 fully saturated rings. The molecule has 0 bridgehead atoms. The molecule has 0 aliphatic rings. The van der Waals surface area contributed by atoms with Crippen molar-refractivity contribution in [2.75, 3.05) is 0 Å². The SMILES string of the molecule is Cn1cnc(-c2nnnn2C(CC(=O)O)CC(C)(C)C)c1. The summed E-state index contributed by atoms with van der Waals surface area (Å²) in [4.78, 5) is 15.4. The topological polar surface area (TPSA) is 98.7 Å². The standard InChI is InChI=1S/C13H20N6O2/c1-13(2,3)6-9(5-11(20)21)19-12(15-16-17-19)10-7-18(4)8-14-10/h7-9H,5-6H2,1-4H3,(H,20,21). The van der Waals surface area contributed by atoms with Gasteiger partial charge >= 0.3 is 5.97 Å². The Morgan fingerprint density at radius 1 is 1.43 bits per heavy atom. The van der Waals surface area contributed by atoms with E-state index >= 15 is 0 Å². The van der Waals surface area contributed by atoms with Crippen LogP contribution in [0.15, 0.2) is 12.5 Å². The van der Waals surface area contributed by atoms with Gasteiger partial charge in [-0.05, 0) is 22.3 Å². The van der Waals surface area contributed by atoms with E-state index in [4.69, 9.17) is 5.11 Å². The summed E-state index contributed by atoms with van der Waals surface area (Å²) < 4.78 is 3.37. The predicted molar refractivity (Wildman–Crippen MR) is 75.4 cm³/mol. The fraction of sp³-hybridized carbons (Fsp3) is 0.615. The highest BCUT2D eigenvalue weighted by Crippen LogP contribution is 2.31. The molecule has 0 aromatic carbocycles. The summed E-state index contributed by atoms with van der Waals surface area (Å²) in [6.07, 6.45) is 4.09. The van der Waals surface area contributed by atoms with E-state index < -0.39 is 5.97 Å². The van der Waals surface area contributed by atoms with E-state index in [2.05, 4.69) is 41.3 Å². The molecule has 8 nitrogen and oxygen atoms in total. The van der Waals surface area contributed by atoms with E-state index in [-0.39, 0.29) is 17.9 Å². The van der Waals surface area contributed by atoms with Gasteiger partial charge in [-0.15, -0.1) is 5.10 Å². The van der Waals surface area contributed by atoms with Crippen LogP contribution in [0, 0.1) is 5.41 Å². The minimum absolute atomic E-state index is 0.0257. The fourth-order valence-corrected chi connectivity index (χ4v) is 2.29. The zero-order chi connectivity index (χ0) is 15.6. The monoisotopic (exact) mass is 292 g/mol. The third kappa shape index (κ3) is 3.87. The predicted octanol–water partition coefficient (Wildman–Crippen LogP) is 1.53. The van der Waals surface area contributed by atoms with E-state index in [1.165, 1.54) is 0 Å². The summed E-state index contributed by atoms with van der Waals surface area (Å²) in [5, 5.41) is 20.8. The zero-order valence-corrected chi connectivity index (χ0v) is 12.7. The number of hydrogen-bond donors (Lipinski definition) is 1. The van der Waals surface area contributed by atoms with Crippen LogP contribution < -0.4 is 0 Å². The molecule has 1 N–H and O–H groups in total. The number of nitrogens with zero attached hydrogens (tertiary/aromatic N) is 6. The zero-order valence-electron chi connectivity index (χ0n) is 12.7. The van der Waals surface area contributed by atoms with Crippen molar-refractivity contribution in [3.8, 4) is 11.5 Å². The van der Waals surface area contributed by atoms with Crippen LogP contribution in [0.1, 0.15) is 39.7 Å². The Bertz CT molecular complexity index is 625. The Labute approximate surface area is 122 Å². The number of carbonyl (C=O) groups is 1. The average molecular weight is 292 g/mol. The molecule has 0 saturated carbocycles. The molecule has 1 atom stereocenters. The molecular formula is C13H20N6O2. The van der Waals surface area contributed by atoms with Crippen LogP contribution in [0.25, 0.3) is 11.5 Å².